The molecule has 0 fully saturated rings. The number of hydrogen-bond donors (Lipinski definition) is 0. The van der Waals surface area contributed by atoms with Crippen LogP contribution in [0.1, 0.15) is 5.89 Å². The molecule has 0 spiro atoms. The Bertz CT molecular complexity index is 1050. The van der Waals surface area contributed by atoms with E-state index < -0.39 is 0 Å². The van der Waals surface area contributed by atoms with Gasteiger partial charge in [0.25, 0.3) is 0 Å². The Kier molecular flexibility index (Phi) is 5.68. The summed E-state index contributed by atoms with van der Waals surface area (Å²) in [5.74, 6) is 1.32. The lowest BCUT2D eigenvalue weighted by Crippen LogP contribution is -1.90. The second-order valence-corrected chi connectivity index (χ2v) is 7.67. The van der Waals surface area contributed by atoms with Crippen LogP contribution in [0.25, 0.3) is 22.6 Å². The summed E-state index contributed by atoms with van der Waals surface area (Å²) in [4.78, 5) is 5.62. The molecule has 4 aromatic rings. The van der Waals surface area contributed by atoms with Crippen LogP contribution in [0.2, 0.25) is 0 Å². The first-order chi connectivity index (χ1) is 13.7. The molecule has 28 heavy (non-hydrogen) atoms. The van der Waals surface area contributed by atoms with E-state index in [0.717, 1.165) is 16.2 Å². The van der Waals surface area contributed by atoms with Gasteiger partial charge in [-0.3, -0.25) is 0 Å². The molecule has 0 saturated heterocycles. The van der Waals surface area contributed by atoms with Crippen LogP contribution in [-0.2, 0) is 5.75 Å². The highest BCUT2D eigenvalue weighted by Crippen LogP contribution is 2.25. The molecule has 5 nitrogen and oxygen atoms in total. The third kappa shape index (κ3) is 4.40. The molecule has 0 N–H and O–H groups in total. The highest BCUT2D eigenvalue weighted by Gasteiger charge is 2.10. The van der Waals surface area contributed by atoms with E-state index in [9.17, 15) is 4.39 Å². The first-order valence-corrected chi connectivity index (χ1v) is 10.6. The van der Waals surface area contributed by atoms with Gasteiger partial charge in [0.15, 0.2) is 0 Å². The van der Waals surface area contributed by atoms with E-state index in [1.807, 2.05) is 42.7 Å². The minimum Gasteiger partial charge on any atom is -0.338 e. The first kappa shape index (κ1) is 18.6. The van der Waals surface area contributed by atoms with Crippen molar-refractivity contribution in [3.8, 4) is 22.6 Å². The zero-order valence-corrected chi connectivity index (χ0v) is 16.5. The van der Waals surface area contributed by atoms with Gasteiger partial charge in [0.1, 0.15) is 10.8 Å². The Hall–Kier alpha value is -2.71. The minimum atomic E-state index is -0.275. The fraction of sp³-hybridized carbons (Fsp3) is 0.100. The second kappa shape index (κ2) is 8.53. The molecular weight excluding hydrogens is 395 g/mol. The van der Waals surface area contributed by atoms with Crippen LogP contribution in [0.15, 0.2) is 75.1 Å². The van der Waals surface area contributed by atoms with Crippen molar-refractivity contribution in [1.82, 2.24) is 20.3 Å². The Morgan fingerprint density at radius 3 is 2.32 bits per heavy atom. The van der Waals surface area contributed by atoms with Crippen LogP contribution in [0.4, 0.5) is 4.39 Å². The van der Waals surface area contributed by atoms with Gasteiger partial charge in [-0.1, -0.05) is 16.9 Å². The van der Waals surface area contributed by atoms with Gasteiger partial charge in [-0.2, -0.15) is 4.98 Å². The van der Waals surface area contributed by atoms with Gasteiger partial charge in [0, 0.05) is 16.0 Å². The van der Waals surface area contributed by atoms with Gasteiger partial charge < -0.3 is 4.52 Å². The Morgan fingerprint density at radius 1 is 0.893 bits per heavy atom. The zero-order chi connectivity index (χ0) is 19.3. The number of hydrogen-bond acceptors (Lipinski definition) is 7. The lowest BCUT2D eigenvalue weighted by Gasteiger charge is -2.01. The minimum absolute atomic E-state index is 0.275. The number of nitrogens with zero attached hydrogens (tertiary/aromatic N) is 4. The topological polar surface area (TPSA) is 64.7 Å². The molecule has 0 unspecified atom stereocenters. The monoisotopic (exact) mass is 410 g/mol. The third-order valence-electron chi connectivity index (χ3n) is 3.94. The number of halogens is 1. The SMILES string of the molecule is CSc1ccc(-c2noc(CSc3ccc(-c4ccc(F)cc4)nn3)n2)cc1. The van der Waals surface area contributed by atoms with Gasteiger partial charge in [-0.15, -0.1) is 22.0 Å². The van der Waals surface area contributed by atoms with Crippen molar-refractivity contribution >= 4 is 23.5 Å². The highest BCUT2D eigenvalue weighted by molar-refractivity contribution is 7.98. The van der Waals surface area contributed by atoms with Crippen molar-refractivity contribution in [3.63, 3.8) is 0 Å². The summed E-state index contributed by atoms with van der Waals surface area (Å²) in [7, 11) is 0. The number of thioether (sulfide) groups is 2. The van der Waals surface area contributed by atoms with Crippen molar-refractivity contribution < 1.29 is 8.91 Å². The van der Waals surface area contributed by atoms with Gasteiger partial charge in [0.05, 0.1) is 11.4 Å². The van der Waals surface area contributed by atoms with Gasteiger partial charge >= 0.3 is 0 Å². The molecule has 4 rings (SSSR count). The standard InChI is InChI=1S/C20H15FN4OS2/c1-27-16-8-4-14(5-9-16)20-22-18(26-25-20)12-28-19-11-10-17(23-24-19)13-2-6-15(21)7-3-13/h2-11H,12H2,1H3. The van der Waals surface area contributed by atoms with E-state index in [1.165, 1.54) is 28.8 Å². The summed E-state index contributed by atoms with van der Waals surface area (Å²) in [5, 5.41) is 13.2. The van der Waals surface area contributed by atoms with Crippen LogP contribution < -0.4 is 0 Å². The normalized spacial score (nSPS) is 10.9. The van der Waals surface area contributed by atoms with E-state index in [1.54, 1.807) is 23.9 Å². The van der Waals surface area contributed by atoms with E-state index >= 15 is 0 Å². The fourth-order valence-electron chi connectivity index (χ4n) is 2.48. The molecule has 140 valence electrons. The van der Waals surface area contributed by atoms with Crippen molar-refractivity contribution in [2.24, 2.45) is 0 Å². The molecule has 8 heteroatoms. The molecule has 0 aliphatic heterocycles. The summed E-state index contributed by atoms with van der Waals surface area (Å²) in [5.41, 5.74) is 2.43. The Balaban J connectivity index is 1.39. The van der Waals surface area contributed by atoms with Crippen molar-refractivity contribution in [2.45, 2.75) is 15.7 Å². The molecule has 2 aromatic heterocycles. The third-order valence-corrected chi connectivity index (χ3v) is 5.59. The quantitative estimate of drug-likeness (QED) is 0.397. The van der Waals surface area contributed by atoms with E-state index in [0.29, 0.717) is 23.2 Å². The molecule has 0 saturated carbocycles. The lowest BCUT2D eigenvalue weighted by molar-refractivity contribution is 0.391. The predicted octanol–water partition coefficient (Wildman–Crippen LogP) is 5.35. The van der Waals surface area contributed by atoms with Crippen molar-refractivity contribution in [1.29, 1.82) is 0 Å². The molecule has 0 radical (unpaired) electrons. The number of rotatable bonds is 6. The molecule has 0 amide bonds. The van der Waals surface area contributed by atoms with Gasteiger partial charge in [-0.25, -0.2) is 4.39 Å². The van der Waals surface area contributed by atoms with E-state index in [2.05, 4.69) is 20.3 Å². The number of benzene rings is 2. The molecule has 0 aliphatic carbocycles. The smallest absolute Gasteiger partial charge is 0.237 e. The largest absolute Gasteiger partial charge is 0.338 e. The van der Waals surface area contributed by atoms with Crippen LogP contribution in [-0.4, -0.2) is 26.6 Å². The summed E-state index contributed by atoms with van der Waals surface area (Å²) >= 11 is 3.15. The summed E-state index contributed by atoms with van der Waals surface area (Å²) in [6.07, 6.45) is 2.04. The average molecular weight is 410 g/mol. The Labute approximate surface area is 169 Å². The van der Waals surface area contributed by atoms with Crippen LogP contribution in [0.5, 0.6) is 0 Å². The fourth-order valence-corrected chi connectivity index (χ4v) is 3.54. The maximum atomic E-state index is 13.0. The first-order valence-electron chi connectivity index (χ1n) is 8.41. The van der Waals surface area contributed by atoms with Gasteiger partial charge in [0.2, 0.25) is 11.7 Å². The summed E-state index contributed by atoms with van der Waals surface area (Å²) < 4.78 is 18.3. The second-order valence-electron chi connectivity index (χ2n) is 5.79. The molecule has 2 heterocycles. The highest BCUT2D eigenvalue weighted by atomic mass is 32.2. The lowest BCUT2D eigenvalue weighted by atomic mass is 10.1. The van der Waals surface area contributed by atoms with Gasteiger partial charge in [-0.05, 0) is 66.9 Å². The maximum absolute atomic E-state index is 13.0. The van der Waals surface area contributed by atoms with Crippen LogP contribution >= 0.6 is 23.5 Å². The Morgan fingerprint density at radius 2 is 1.64 bits per heavy atom. The van der Waals surface area contributed by atoms with Crippen LogP contribution in [0.3, 0.4) is 0 Å². The molecule has 0 atom stereocenters. The number of aromatic nitrogens is 4. The summed E-state index contributed by atoms with van der Waals surface area (Å²) in [6.45, 7) is 0. The van der Waals surface area contributed by atoms with Crippen molar-refractivity contribution in [3.05, 3.63) is 72.4 Å². The van der Waals surface area contributed by atoms with Crippen molar-refractivity contribution in [2.75, 3.05) is 6.26 Å². The maximum Gasteiger partial charge on any atom is 0.237 e. The predicted molar refractivity (Wildman–Crippen MR) is 109 cm³/mol. The van der Waals surface area contributed by atoms with E-state index in [4.69, 9.17) is 4.52 Å². The molecular formula is C20H15FN4OS2. The molecule has 0 aliphatic rings. The summed E-state index contributed by atoms with van der Waals surface area (Å²) in [6, 6.07) is 17.9. The molecule has 0 bridgehead atoms. The zero-order valence-electron chi connectivity index (χ0n) is 14.9. The molecule has 2 aromatic carbocycles. The van der Waals surface area contributed by atoms with E-state index in [-0.39, 0.29) is 5.82 Å². The van der Waals surface area contributed by atoms with Crippen LogP contribution in [0, 0.1) is 5.82 Å². The average Bonchev–Trinajstić information content (AvgIpc) is 3.22.